The number of carbonyl (C=O) groups is 1. The van der Waals surface area contributed by atoms with Gasteiger partial charge in [-0.1, -0.05) is 47.1 Å². The second kappa shape index (κ2) is 10.9. The minimum Gasteiger partial charge on any atom is -0.465 e. The van der Waals surface area contributed by atoms with Gasteiger partial charge in [0.05, 0.1) is 12.8 Å². The van der Waals surface area contributed by atoms with Crippen molar-refractivity contribution >= 4 is 35.5 Å². The van der Waals surface area contributed by atoms with Crippen LogP contribution in [0.15, 0.2) is 64.6 Å². The van der Waals surface area contributed by atoms with Gasteiger partial charge in [-0.25, -0.2) is 0 Å². The highest BCUT2D eigenvalue weighted by molar-refractivity contribution is 8.00. The van der Waals surface area contributed by atoms with Crippen molar-refractivity contribution in [1.82, 2.24) is 0 Å². The van der Waals surface area contributed by atoms with Crippen molar-refractivity contribution < 1.29 is 19.5 Å². The molecule has 2 aromatic rings. The smallest absolute Gasteiger partial charge is 0.322 e. The number of halogens is 1. The predicted molar refractivity (Wildman–Crippen MR) is 103 cm³/mol. The van der Waals surface area contributed by atoms with Gasteiger partial charge in [-0.05, 0) is 36.8 Å². The molecule has 0 spiro atoms. The molecule has 0 unspecified atom stereocenters. The van der Waals surface area contributed by atoms with Crippen molar-refractivity contribution in [3.05, 3.63) is 65.2 Å². The third kappa shape index (κ3) is 6.71. The highest BCUT2D eigenvalue weighted by Gasteiger charge is 2.28. The van der Waals surface area contributed by atoms with Crippen molar-refractivity contribution in [2.24, 2.45) is 5.16 Å². The van der Waals surface area contributed by atoms with Crippen LogP contribution in [0.2, 0.25) is 5.02 Å². The Morgan fingerprint density at radius 1 is 1.23 bits per heavy atom. The summed E-state index contributed by atoms with van der Waals surface area (Å²) in [7, 11) is 0. The SMILES string of the molecule is CCOC(=O)[C@@H](Sc1ccc(Cl)cc1)[C@@H](O)/C=N/OCc1ccccc1. The largest absolute Gasteiger partial charge is 0.465 e. The molecule has 7 heteroatoms. The minimum absolute atomic E-state index is 0.227. The van der Waals surface area contributed by atoms with Crippen molar-refractivity contribution in [2.75, 3.05) is 6.61 Å². The predicted octanol–water partition coefficient (Wildman–Crippen LogP) is 3.93. The molecule has 0 aromatic heterocycles. The summed E-state index contributed by atoms with van der Waals surface area (Å²) in [5.41, 5.74) is 0.955. The van der Waals surface area contributed by atoms with Crippen LogP contribution in [0.5, 0.6) is 0 Å². The maximum absolute atomic E-state index is 12.2. The molecular weight excluding hydrogens is 374 g/mol. The zero-order valence-corrected chi connectivity index (χ0v) is 15.8. The van der Waals surface area contributed by atoms with Crippen LogP contribution in [0.4, 0.5) is 0 Å². The molecule has 0 aliphatic rings. The van der Waals surface area contributed by atoms with E-state index in [4.69, 9.17) is 21.2 Å². The fraction of sp³-hybridized carbons (Fsp3) is 0.263. The Kier molecular flexibility index (Phi) is 8.47. The van der Waals surface area contributed by atoms with Crippen LogP contribution in [-0.2, 0) is 21.0 Å². The maximum atomic E-state index is 12.2. The molecule has 0 amide bonds. The first kappa shape index (κ1) is 20.3. The highest BCUT2D eigenvalue weighted by Crippen LogP contribution is 2.27. The Hall–Kier alpha value is -2.02. The van der Waals surface area contributed by atoms with E-state index in [1.807, 2.05) is 30.3 Å². The lowest BCUT2D eigenvalue weighted by molar-refractivity contribution is -0.143. The molecule has 0 bridgehead atoms. The summed E-state index contributed by atoms with van der Waals surface area (Å²) in [5, 5.41) is 13.8. The number of benzene rings is 2. The molecular formula is C19H20ClNO4S. The van der Waals surface area contributed by atoms with E-state index in [9.17, 15) is 9.90 Å². The number of nitrogens with zero attached hydrogens (tertiary/aromatic N) is 1. The van der Waals surface area contributed by atoms with Gasteiger partial charge in [0, 0.05) is 9.92 Å². The third-order valence-electron chi connectivity index (χ3n) is 3.27. The van der Waals surface area contributed by atoms with E-state index < -0.39 is 17.3 Å². The molecule has 0 aliphatic carbocycles. The van der Waals surface area contributed by atoms with Gasteiger partial charge in [0.15, 0.2) is 0 Å². The summed E-state index contributed by atoms with van der Waals surface area (Å²) < 4.78 is 5.05. The fourth-order valence-corrected chi connectivity index (χ4v) is 3.10. The molecule has 2 aromatic carbocycles. The van der Waals surface area contributed by atoms with Crippen molar-refractivity contribution in [3.8, 4) is 0 Å². The molecule has 0 saturated heterocycles. The Bertz CT molecular complexity index is 709. The van der Waals surface area contributed by atoms with Gasteiger partial charge in [-0.3, -0.25) is 4.79 Å². The topological polar surface area (TPSA) is 68.1 Å². The summed E-state index contributed by atoms with van der Waals surface area (Å²) in [6, 6.07) is 16.5. The Morgan fingerprint density at radius 2 is 1.92 bits per heavy atom. The first-order valence-electron chi connectivity index (χ1n) is 8.06. The number of thioether (sulfide) groups is 1. The van der Waals surface area contributed by atoms with Crippen LogP contribution in [0, 0.1) is 0 Å². The van der Waals surface area contributed by atoms with Crippen LogP contribution in [0.1, 0.15) is 12.5 Å². The maximum Gasteiger partial charge on any atom is 0.322 e. The number of aliphatic hydroxyl groups excluding tert-OH is 1. The minimum atomic E-state index is -1.16. The van der Waals surface area contributed by atoms with Gasteiger partial charge in [0.2, 0.25) is 0 Å². The molecule has 0 radical (unpaired) electrons. The van der Waals surface area contributed by atoms with Gasteiger partial charge in [-0.2, -0.15) is 0 Å². The number of hydrogen-bond acceptors (Lipinski definition) is 6. The normalized spacial score (nSPS) is 13.3. The standard InChI is InChI=1S/C19H20ClNO4S/c1-2-24-19(23)18(26-16-10-8-15(20)9-11-16)17(22)12-21-25-13-14-6-4-3-5-7-14/h3-12,17-18,22H,2,13H2,1H3/b21-12+/t17-,18-/m0/s1. The number of aliphatic hydroxyl groups is 1. The summed E-state index contributed by atoms with van der Waals surface area (Å²) in [6.45, 7) is 2.22. The van der Waals surface area contributed by atoms with E-state index in [1.165, 1.54) is 18.0 Å². The van der Waals surface area contributed by atoms with E-state index in [0.717, 1.165) is 10.5 Å². The van der Waals surface area contributed by atoms with Crippen LogP contribution >= 0.6 is 23.4 Å². The fourth-order valence-electron chi connectivity index (χ4n) is 2.01. The number of carbonyl (C=O) groups excluding carboxylic acids is 1. The Morgan fingerprint density at radius 3 is 2.58 bits per heavy atom. The number of oxime groups is 1. The first-order valence-corrected chi connectivity index (χ1v) is 9.32. The number of esters is 1. The lowest BCUT2D eigenvalue weighted by atomic mass is 10.2. The molecule has 26 heavy (non-hydrogen) atoms. The molecule has 5 nitrogen and oxygen atoms in total. The van der Waals surface area contributed by atoms with E-state index in [-0.39, 0.29) is 13.2 Å². The van der Waals surface area contributed by atoms with Crippen LogP contribution in [-0.4, -0.2) is 35.3 Å². The van der Waals surface area contributed by atoms with Gasteiger partial charge < -0.3 is 14.7 Å². The second-order valence-electron chi connectivity index (χ2n) is 5.25. The monoisotopic (exact) mass is 393 g/mol. The van der Waals surface area contributed by atoms with E-state index in [2.05, 4.69) is 5.16 Å². The summed E-state index contributed by atoms with van der Waals surface area (Å²) >= 11 is 7.05. The van der Waals surface area contributed by atoms with Gasteiger partial charge in [0.1, 0.15) is 18.0 Å². The van der Waals surface area contributed by atoms with Crippen molar-refractivity contribution in [2.45, 2.75) is 29.8 Å². The lowest BCUT2D eigenvalue weighted by Crippen LogP contribution is -2.34. The van der Waals surface area contributed by atoms with Crippen LogP contribution in [0.25, 0.3) is 0 Å². The number of hydrogen-bond donors (Lipinski definition) is 1. The molecule has 138 valence electrons. The number of rotatable bonds is 9. The van der Waals surface area contributed by atoms with Gasteiger partial charge >= 0.3 is 5.97 Å². The lowest BCUT2D eigenvalue weighted by Gasteiger charge is -2.18. The molecule has 0 aliphatic heterocycles. The molecule has 2 atom stereocenters. The van der Waals surface area contributed by atoms with E-state index in [0.29, 0.717) is 5.02 Å². The van der Waals surface area contributed by atoms with Crippen LogP contribution in [0.3, 0.4) is 0 Å². The third-order valence-corrected chi connectivity index (χ3v) is 4.79. The molecule has 2 rings (SSSR count). The van der Waals surface area contributed by atoms with Gasteiger partial charge in [-0.15, -0.1) is 11.8 Å². The molecule has 0 fully saturated rings. The molecule has 0 heterocycles. The zero-order chi connectivity index (χ0) is 18.8. The van der Waals surface area contributed by atoms with E-state index in [1.54, 1.807) is 31.2 Å². The Balaban J connectivity index is 1.97. The number of ether oxygens (including phenoxy) is 1. The molecule has 1 N–H and O–H groups in total. The average molecular weight is 394 g/mol. The molecule has 0 saturated carbocycles. The summed E-state index contributed by atoms with van der Waals surface area (Å²) in [5.74, 6) is -0.519. The average Bonchev–Trinajstić information content (AvgIpc) is 2.65. The van der Waals surface area contributed by atoms with Crippen molar-refractivity contribution in [1.29, 1.82) is 0 Å². The quantitative estimate of drug-likeness (QED) is 0.302. The highest BCUT2D eigenvalue weighted by atomic mass is 35.5. The first-order chi connectivity index (χ1) is 12.6. The zero-order valence-electron chi connectivity index (χ0n) is 14.2. The van der Waals surface area contributed by atoms with E-state index >= 15 is 0 Å². The second-order valence-corrected chi connectivity index (χ2v) is 6.90. The van der Waals surface area contributed by atoms with Crippen molar-refractivity contribution in [3.63, 3.8) is 0 Å². The summed E-state index contributed by atoms with van der Waals surface area (Å²) in [4.78, 5) is 18.1. The Labute approximate surface area is 162 Å². The summed E-state index contributed by atoms with van der Waals surface area (Å²) in [6.07, 6.45) is 0.0403. The van der Waals surface area contributed by atoms with Crippen LogP contribution < -0.4 is 0 Å². The van der Waals surface area contributed by atoms with Gasteiger partial charge in [0.25, 0.3) is 0 Å².